The maximum absolute atomic E-state index is 12.0. The van der Waals surface area contributed by atoms with E-state index in [-0.39, 0.29) is 5.91 Å². The number of ether oxygens (including phenoxy) is 1. The van der Waals surface area contributed by atoms with Crippen molar-refractivity contribution < 1.29 is 9.53 Å². The molecule has 1 aromatic carbocycles. The van der Waals surface area contributed by atoms with Crippen molar-refractivity contribution in [3.8, 4) is 0 Å². The molecule has 1 aromatic rings. The summed E-state index contributed by atoms with van der Waals surface area (Å²) in [5.41, 5.74) is 5.72. The summed E-state index contributed by atoms with van der Waals surface area (Å²) in [7, 11) is 1.78. The van der Waals surface area contributed by atoms with Crippen LogP contribution in [0.15, 0.2) is 30.3 Å². The van der Waals surface area contributed by atoms with Gasteiger partial charge in [0.15, 0.2) is 0 Å². The number of carbonyl (C=O) groups excluding carboxylic acids is 1. The molecule has 21 heavy (non-hydrogen) atoms. The van der Waals surface area contributed by atoms with E-state index in [2.05, 4.69) is 5.32 Å². The number of benzene rings is 1. The van der Waals surface area contributed by atoms with Crippen LogP contribution in [0.5, 0.6) is 0 Å². The first-order valence-corrected chi connectivity index (χ1v) is 7.85. The van der Waals surface area contributed by atoms with E-state index in [1.54, 1.807) is 7.05 Å². The van der Waals surface area contributed by atoms with Crippen LogP contribution in [0.25, 0.3) is 0 Å². The van der Waals surface area contributed by atoms with E-state index in [4.69, 9.17) is 10.5 Å². The minimum atomic E-state index is -0.851. The molecule has 1 amide bonds. The zero-order valence-corrected chi connectivity index (χ0v) is 12.8. The summed E-state index contributed by atoms with van der Waals surface area (Å²) in [6.07, 6.45) is 6.97. The maximum atomic E-state index is 12.0. The third-order valence-electron chi connectivity index (χ3n) is 4.50. The van der Waals surface area contributed by atoms with E-state index < -0.39 is 5.54 Å². The molecule has 116 valence electrons. The van der Waals surface area contributed by atoms with Gasteiger partial charge in [0, 0.05) is 13.0 Å². The van der Waals surface area contributed by atoms with E-state index in [9.17, 15) is 4.79 Å². The normalized spacial score (nSPS) is 19.1. The van der Waals surface area contributed by atoms with Gasteiger partial charge in [0.05, 0.1) is 6.10 Å². The Balaban J connectivity index is 2.01. The van der Waals surface area contributed by atoms with Gasteiger partial charge in [-0.15, -0.1) is 0 Å². The fraction of sp³-hybridized carbons (Fsp3) is 0.588. The molecule has 1 aliphatic carbocycles. The molecule has 2 rings (SSSR count). The van der Waals surface area contributed by atoms with Gasteiger partial charge in [-0.3, -0.25) is 4.79 Å². The summed E-state index contributed by atoms with van der Waals surface area (Å²) in [5, 5.41) is 3.11. The van der Waals surface area contributed by atoms with Gasteiger partial charge in [0.1, 0.15) is 5.54 Å². The average Bonchev–Trinajstić information content (AvgIpc) is 2.53. The predicted octanol–water partition coefficient (Wildman–Crippen LogP) is 2.33. The molecule has 1 saturated carbocycles. The van der Waals surface area contributed by atoms with Crippen LogP contribution in [0.4, 0.5) is 0 Å². The second-order valence-electron chi connectivity index (χ2n) is 5.77. The van der Waals surface area contributed by atoms with E-state index in [1.165, 1.54) is 19.3 Å². The molecule has 0 aromatic heterocycles. The molecule has 1 aliphatic rings. The summed E-state index contributed by atoms with van der Waals surface area (Å²) in [5.74, 6) is -0.358. The molecule has 4 nitrogen and oxygen atoms in total. The Kier molecular flexibility index (Phi) is 5.76. The van der Waals surface area contributed by atoms with Crippen molar-refractivity contribution in [1.82, 2.24) is 5.32 Å². The highest BCUT2D eigenvalue weighted by Crippen LogP contribution is 2.26. The summed E-state index contributed by atoms with van der Waals surface area (Å²) in [6.45, 7) is 0.545. The molecular weight excluding hydrogens is 264 g/mol. The monoisotopic (exact) mass is 290 g/mol. The number of rotatable bonds is 7. The van der Waals surface area contributed by atoms with Gasteiger partial charge in [-0.25, -0.2) is 0 Å². The van der Waals surface area contributed by atoms with E-state index in [0.29, 0.717) is 19.1 Å². The van der Waals surface area contributed by atoms with E-state index in [0.717, 1.165) is 18.4 Å². The highest BCUT2D eigenvalue weighted by atomic mass is 16.5. The van der Waals surface area contributed by atoms with Crippen molar-refractivity contribution in [2.45, 2.75) is 50.2 Å². The predicted molar refractivity (Wildman–Crippen MR) is 83.8 cm³/mol. The second-order valence-corrected chi connectivity index (χ2v) is 5.77. The zero-order chi connectivity index (χ0) is 15.1. The first-order chi connectivity index (χ1) is 10.2. The van der Waals surface area contributed by atoms with Gasteiger partial charge in [-0.05, 0) is 25.5 Å². The Hall–Kier alpha value is -1.39. The smallest absolute Gasteiger partial charge is 0.242 e. The molecule has 1 unspecified atom stereocenters. The summed E-state index contributed by atoms with van der Waals surface area (Å²) < 4.78 is 5.96. The number of carbonyl (C=O) groups is 1. The molecule has 1 fully saturated rings. The number of primary amides is 1. The number of likely N-dealkylation sites (N-methyl/N-ethyl adjacent to an activating group) is 1. The van der Waals surface area contributed by atoms with Crippen LogP contribution in [0, 0.1) is 0 Å². The topological polar surface area (TPSA) is 64.3 Å². The maximum Gasteiger partial charge on any atom is 0.242 e. The standard InChI is InChI=1S/C17H26N2O2/c1-19-17(16(18)20,14-8-4-2-5-9-14)12-13-21-15-10-6-3-7-11-15/h2,4-5,8-9,15,19H,3,6-7,10-13H2,1H3,(H2,18,20). The van der Waals surface area contributed by atoms with Crippen molar-refractivity contribution in [3.63, 3.8) is 0 Å². The number of hydrogen-bond acceptors (Lipinski definition) is 3. The molecular formula is C17H26N2O2. The fourth-order valence-electron chi connectivity index (χ4n) is 3.14. The van der Waals surface area contributed by atoms with Crippen LogP contribution in [0.2, 0.25) is 0 Å². The van der Waals surface area contributed by atoms with Crippen LogP contribution in [0.3, 0.4) is 0 Å². The van der Waals surface area contributed by atoms with Gasteiger partial charge in [0.2, 0.25) is 5.91 Å². The van der Waals surface area contributed by atoms with Gasteiger partial charge in [0.25, 0.3) is 0 Å². The molecule has 4 heteroatoms. The number of hydrogen-bond donors (Lipinski definition) is 2. The van der Waals surface area contributed by atoms with Crippen molar-refractivity contribution in [2.75, 3.05) is 13.7 Å². The minimum absolute atomic E-state index is 0.344. The molecule has 0 bridgehead atoms. The van der Waals surface area contributed by atoms with Crippen LogP contribution < -0.4 is 11.1 Å². The van der Waals surface area contributed by atoms with E-state index >= 15 is 0 Å². The van der Waals surface area contributed by atoms with Crippen LogP contribution >= 0.6 is 0 Å². The van der Waals surface area contributed by atoms with Crippen molar-refractivity contribution in [3.05, 3.63) is 35.9 Å². The molecule has 3 N–H and O–H groups in total. The summed E-state index contributed by atoms with van der Waals surface area (Å²) in [4.78, 5) is 12.0. The van der Waals surface area contributed by atoms with Crippen LogP contribution in [0.1, 0.15) is 44.1 Å². The number of amides is 1. The zero-order valence-electron chi connectivity index (χ0n) is 12.8. The van der Waals surface area contributed by atoms with Crippen molar-refractivity contribution >= 4 is 5.91 Å². The minimum Gasteiger partial charge on any atom is -0.378 e. The van der Waals surface area contributed by atoms with Gasteiger partial charge in [-0.1, -0.05) is 49.6 Å². The van der Waals surface area contributed by atoms with Gasteiger partial charge >= 0.3 is 0 Å². The largest absolute Gasteiger partial charge is 0.378 e. The van der Waals surface area contributed by atoms with Crippen LogP contribution in [-0.2, 0) is 15.1 Å². The lowest BCUT2D eigenvalue weighted by molar-refractivity contribution is -0.125. The molecule has 1 atom stereocenters. The average molecular weight is 290 g/mol. The van der Waals surface area contributed by atoms with Gasteiger partial charge < -0.3 is 15.8 Å². The summed E-state index contributed by atoms with van der Waals surface area (Å²) in [6, 6.07) is 9.64. The highest BCUT2D eigenvalue weighted by Gasteiger charge is 2.36. The quantitative estimate of drug-likeness (QED) is 0.810. The first kappa shape index (κ1) is 16.0. The summed E-state index contributed by atoms with van der Waals surface area (Å²) >= 11 is 0. The lowest BCUT2D eigenvalue weighted by atomic mass is 9.86. The van der Waals surface area contributed by atoms with E-state index in [1.807, 2.05) is 30.3 Å². The SMILES string of the molecule is CNC(CCOC1CCCCC1)(C(N)=O)c1ccccc1. The number of nitrogens with one attached hydrogen (secondary N) is 1. The van der Waals surface area contributed by atoms with Crippen molar-refractivity contribution in [1.29, 1.82) is 0 Å². The Morgan fingerprint density at radius 2 is 1.95 bits per heavy atom. The first-order valence-electron chi connectivity index (χ1n) is 7.85. The lowest BCUT2D eigenvalue weighted by Gasteiger charge is -2.32. The molecule has 0 radical (unpaired) electrons. The Morgan fingerprint density at radius 3 is 2.52 bits per heavy atom. The van der Waals surface area contributed by atoms with Crippen molar-refractivity contribution in [2.24, 2.45) is 5.73 Å². The fourth-order valence-corrected chi connectivity index (χ4v) is 3.14. The van der Waals surface area contributed by atoms with Gasteiger partial charge in [-0.2, -0.15) is 0 Å². The Bertz CT molecular complexity index is 443. The van der Waals surface area contributed by atoms with Crippen LogP contribution in [-0.4, -0.2) is 25.7 Å². The molecule has 0 saturated heterocycles. The molecule has 0 heterocycles. The lowest BCUT2D eigenvalue weighted by Crippen LogP contribution is -2.52. The number of nitrogens with two attached hydrogens (primary N) is 1. The Labute approximate surface area is 127 Å². The molecule has 0 aliphatic heterocycles. The highest BCUT2D eigenvalue weighted by molar-refractivity contribution is 5.86. The second kappa shape index (κ2) is 7.57. The molecule has 0 spiro atoms. The third kappa shape index (κ3) is 3.83. The Morgan fingerprint density at radius 1 is 1.29 bits per heavy atom. The third-order valence-corrected chi connectivity index (χ3v) is 4.50.